The molecule has 3 rings (SSSR count). The molecule has 0 radical (unpaired) electrons. The first kappa shape index (κ1) is 19.8. The van der Waals surface area contributed by atoms with Crippen molar-refractivity contribution in [2.75, 3.05) is 17.7 Å². The van der Waals surface area contributed by atoms with Crippen molar-refractivity contribution < 1.29 is 9.53 Å². The fourth-order valence-corrected chi connectivity index (χ4v) is 4.93. The Kier molecular flexibility index (Phi) is 6.50. The molecule has 1 aromatic heterocycles. The summed E-state index contributed by atoms with van der Waals surface area (Å²) in [5, 5.41) is 7.69. The van der Waals surface area contributed by atoms with Gasteiger partial charge in [-0.15, -0.1) is 11.3 Å². The number of nitrogens with one attached hydrogen (secondary N) is 2. The molecule has 2 N–H and O–H groups in total. The monoisotopic (exact) mass is 402 g/mol. The van der Waals surface area contributed by atoms with E-state index in [1.165, 1.54) is 24.0 Å². The van der Waals surface area contributed by atoms with Crippen LogP contribution in [0.5, 0.6) is 0 Å². The summed E-state index contributed by atoms with van der Waals surface area (Å²) in [5.74, 6) is 0.252. The Labute approximate surface area is 170 Å². The first-order valence-corrected chi connectivity index (χ1v) is 10.7. The Hall–Kier alpha value is -1.92. The minimum Gasteiger partial charge on any atom is -0.465 e. The number of fused-ring (bicyclic) bond motifs is 1. The molecule has 1 aromatic carbocycles. The van der Waals surface area contributed by atoms with Crippen LogP contribution >= 0.6 is 23.6 Å². The fraction of sp³-hybridized carbons (Fsp3) is 0.429. The molecule has 1 aliphatic carbocycles. The number of aryl methyl sites for hydroxylation is 1. The number of thiophene rings is 1. The third-order valence-electron chi connectivity index (χ3n) is 5.14. The zero-order valence-corrected chi connectivity index (χ0v) is 17.7. The van der Waals surface area contributed by atoms with Crippen LogP contribution in [0.4, 0.5) is 10.7 Å². The molecular formula is C21H26N2O2S2. The number of anilines is 2. The maximum absolute atomic E-state index is 12.3. The summed E-state index contributed by atoms with van der Waals surface area (Å²) in [6.07, 6.45) is 5.33. The van der Waals surface area contributed by atoms with Crippen molar-refractivity contribution in [2.45, 2.75) is 51.9 Å². The van der Waals surface area contributed by atoms with Crippen LogP contribution in [0.3, 0.4) is 0 Å². The summed E-state index contributed by atoms with van der Waals surface area (Å²) < 4.78 is 5.01. The Morgan fingerprint density at radius 1 is 1.22 bits per heavy atom. The van der Waals surface area contributed by atoms with Gasteiger partial charge in [0.15, 0.2) is 5.11 Å². The lowest BCUT2D eigenvalue weighted by Gasteiger charge is -2.13. The normalized spacial score (nSPS) is 14.2. The van der Waals surface area contributed by atoms with Gasteiger partial charge in [0, 0.05) is 10.6 Å². The number of hydrogen-bond acceptors (Lipinski definition) is 4. The SMILES string of the molecule is CCC(C)c1ccc(NC(=S)Nc2sc3c(c2C(=O)OC)CCCC3)cc1. The summed E-state index contributed by atoms with van der Waals surface area (Å²) in [7, 11) is 1.43. The Bertz CT molecular complexity index is 827. The largest absolute Gasteiger partial charge is 0.465 e. The van der Waals surface area contributed by atoms with Crippen molar-refractivity contribution in [2.24, 2.45) is 0 Å². The highest BCUT2D eigenvalue weighted by molar-refractivity contribution is 7.80. The van der Waals surface area contributed by atoms with Gasteiger partial charge in [-0.05, 0) is 73.5 Å². The zero-order valence-electron chi connectivity index (χ0n) is 16.1. The van der Waals surface area contributed by atoms with Gasteiger partial charge in [0.05, 0.1) is 12.7 Å². The summed E-state index contributed by atoms with van der Waals surface area (Å²) in [5.41, 5.74) is 4.02. The van der Waals surface area contributed by atoms with E-state index in [-0.39, 0.29) is 5.97 Å². The number of esters is 1. The van der Waals surface area contributed by atoms with E-state index in [4.69, 9.17) is 17.0 Å². The predicted octanol–water partition coefficient (Wildman–Crippen LogP) is 5.74. The Morgan fingerprint density at radius 3 is 2.59 bits per heavy atom. The number of ether oxygens (including phenoxy) is 1. The number of carbonyl (C=O) groups is 1. The fourth-order valence-electron chi connectivity index (χ4n) is 3.37. The molecule has 6 heteroatoms. The van der Waals surface area contributed by atoms with Gasteiger partial charge in [0.1, 0.15) is 5.00 Å². The molecule has 144 valence electrons. The van der Waals surface area contributed by atoms with Gasteiger partial charge in [0.2, 0.25) is 0 Å². The van der Waals surface area contributed by atoms with Crippen LogP contribution in [0, 0.1) is 0 Å². The van der Waals surface area contributed by atoms with Crippen LogP contribution in [0.15, 0.2) is 24.3 Å². The molecule has 1 unspecified atom stereocenters. The molecule has 0 saturated heterocycles. The number of hydrogen-bond donors (Lipinski definition) is 2. The summed E-state index contributed by atoms with van der Waals surface area (Å²) in [4.78, 5) is 13.6. The highest BCUT2D eigenvalue weighted by atomic mass is 32.1. The van der Waals surface area contributed by atoms with Crippen LogP contribution in [-0.2, 0) is 17.6 Å². The van der Waals surface area contributed by atoms with Gasteiger partial charge in [0.25, 0.3) is 0 Å². The number of methoxy groups -OCH3 is 1. The van der Waals surface area contributed by atoms with Crippen LogP contribution in [0.2, 0.25) is 0 Å². The van der Waals surface area contributed by atoms with Crippen LogP contribution in [0.1, 0.15) is 65.4 Å². The highest BCUT2D eigenvalue weighted by Crippen LogP contribution is 2.38. The molecule has 4 nitrogen and oxygen atoms in total. The lowest BCUT2D eigenvalue weighted by molar-refractivity contribution is 0.0601. The van der Waals surface area contributed by atoms with E-state index < -0.39 is 0 Å². The van der Waals surface area contributed by atoms with Gasteiger partial charge in [-0.25, -0.2) is 4.79 Å². The molecule has 1 aliphatic rings. The minimum absolute atomic E-state index is 0.294. The first-order valence-electron chi connectivity index (χ1n) is 9.44. The highest BCUT2D eigenvalue weighted by Gasteiger charge is 2.26. The van der Waals surface area contributed by atoms with Gasteiger partial charge < -0.3 is 15.4 Å². The lowest BCUT2D eigenvalue weighted by Crippen LogP contribution is -2.20. The van der Waals surface area contributed by atoms with Gasteiger partial charge in [-0.2, -0.15) is 0 Å². The molecule has 0 bridgehead atoms. The average molecular weight is 403 g/mol. The van der Waals surface area contributed by atoms with Crippen LogP contribution < -0.4 is 10.6 Å². The Balaban J connectivity index is 1.74. The second-order valence-electron chi connectivity index (χ2n) is 6.92. The summed E-state index contributed by atoms with van der Waals surface area (Å²) >= 11 is 7.10. The molecule has 0 spiro atoms. The van der Waals surface area contributed by atoms with E-state index in [0.717, 1.165) is 41.9 Å². The Morgan fingerprint density at radius 2 is 1.93 bits per heavy atom. The van der Waals surface area contributed by atoms with E-state index in [1.54, 1.807) is 11.3 Å². The third-order valence-corrected chi connectivity index (χ3v) is 6.55. The molecule has 1 heterocycles. The smallest absolute Gasteiger partial charge is 0.341 e. The third kappa shape index (κ3) is 4.50. The van der Waals surface area contributed by atoms with Gasteiger partial charge >= 0.3 is 5.97 Å². The number of thiocarbonyl (C=S) groups is 1. The van der Waals surface area contributed by atoms with E-state index in [0.29, 0.717) is 16.6 Å². The molecule has 1 atom stereocenters. The van der Waals surface area contributed by atoms with Gasteiger partial charge in [-0.3, -0.25) is 0 Å². The second kappa shape index (κ2) is 8.85. The van der Waals surface area contributed by atoms with Crippen molar-refractivity contribution in [3.8, 4) is 0 Å². The van der Waals surface area contributed by atoms with Crippen molar-refractivity contribution in [3.05, 3.63) is 45.8 Å². The van der Waals surface area contributed by atoms with Crippen molar-refractivity contribution in [1.82, 2.24) is 0 Å². The maximum Gasteiger partial charge on any atom is 0.341 e. The summed E-state index contributed by atoms with van der Waals surface area (Å²) in [6.45, 7) is 4.41. The first-order chi connectivity index (χ1) is 13.0. The van der Waals surface area contributed by atoms with Crippen molar-refractivity contribution in [1.29, 1.82) is 0 Å². The number of benzene rings is 1. The zero-order chi connectivity index (χ0) is 19.4. The molecule has 0 amide bonds. The second-order valence-corrected chi connectivity index (χ2v) is 8.43. The molecule has 0 saturated carbocycles. The molecule has 2 aromatic rings. The molecular weight excluding hydrogens is 376 g/mol. The van der Waals surface area contributed by atoms with E-state index in [2.05, 4.69) is 36.6 Å². The van der Waals surface area contributed by atoms with Gasteiger partial charge in [-0.1, -0.05) is 26.0 Å². The van der Waals surface area contributed by atoms with Crippen LogP contribution in [-0.4, -0.2) is 18.2 Å². The standard InChI is InChI=1S/C21H26N2O2S2/c1-4-13(2)14-9-11-15(12-10-14)22-21(26)23-19-18(20(24)25-3)16-7-5-6-8-17(16)27-19/h9-13H,4-8H2,1-3H3,(H2,22,23,26). The quantitative estimate of drug-likeness (QED) is 0.494. The van der Waals surface area contributed by atoms with Crippen LogP contribution in [0.25, 0.3) is 0 Å². The van der Waals surface area contributed by atoms with E-state index in [9.17, 15) is 4.79 Å². The molecule has 0 aliphatic heterocycles. The van der Waals surface area contributed by atoms with Crippen molar-refractivity contribution >= 4 is 45.3 Å². The minimum atomic E-state index is -0.294. The van der Waals surface area contributed by atoms with E-state index in [1.807, 2.05) is 12.1 Å². The van der Waals surface area contributed by atoms with Crippen molar-refractivity contribution in [3.63, 3.8) is 0 Å². The average Bonchev–Trinajstić information content (AvgIpc) is 3.04. The maximum atomic E-state index is 12.3. The topological polar surface area (TPSA) is 50.4 Å². The number of carbonyl (C=O) groups excluding carboxylic acids is 1. The molecule has 27 heavy (non-hydrogen) atoms. The predicted molar refractivity (Wildman–Crippen MR) is 117 cm³/mol. The summed E-state index contributed by atoms with van der Waals surface area (Å²) in [6, 6.07) is 8.33. The number of rotatable bonds is 5. The van der Waals surface area contributed by atoms with E-state index >= 15 is 0 Å². The lowest BCUT2D eigenvalue weighted by atomic mass is 9.95. The molecule has 0 fully saturated rings.